The maximum absolute atomic E-state index is 12.3. The third kappa shape index (κ3) is 3.46. The lowest BCUT2D eigenvalue weighted by atomic mass is 10.1. The molecule has 124 valence electrons. The average Bonchev–Trinajstić information content (AvgIpc) is 2.58. The number of carbonyl (C=O) groups excluding carboxylic acids is 2. The summed E-state index contributed by atoms with van der Waals surface area (Å²) in [5.41, 5.74) is 3.95. The normalized spacial score (nSPS) is 13.6. The number of para-hydroxylation sites is 1. The minimum Gasteiger partial charge on any atom is -0.326 e. The predicted molar refractivity (Wildman–Crippen MR) is 98.7 cm³/mol. The van der Waals surface area contributed by atoms with Crippen LogP contribution in [0.25, 0.3) is 0 Å². The standard InChI is InChI=1S/C19H20N2O2S/c1-13-6-5-7-15(14(13)2)20-18(22)10-11-21-16-8-3-4-9-17(16)24-12-19(21)23/h3-9H,10-12H2,1-2H3,(H,20,22). The summed E-state index contributed by atoms with van der Waals surface area (Å²) in [7, 11) is 0. The zero-order valence-corrected chi connectivity index (χ0v) is 14.7. The van der Waals surface area contributed by atoms with Crippen LogP contribution in [0.2, 0.25) is 0 Å². The summed E-state index contributed by atoms with van der Waals surface area (Å²) in [4.78, 5) is 27.3. The molecule has 5 heteroatoms. The first-order chi connectivity index (χ1) is 11.6. The first-order valence-corrected chi connectivity index (χ1v) is 8.93. The number of benzene rings is 2. The lowest BCUT2D eigenvalue weighted by Crippen LogP contribution is -2.37. The van der Waals surface area contributed by atoms with Crippen LogP contribution >= 0.6 is 11.8 Å². The van der Waals surface area contributed by atoms with E-state index >= 15 is 0 Å². The maximum atomic E-state index is 12.3. The highest BCUT2D eigenvalue weighted by Crippen LogP contribution is 2.34. The van der Waals surface area contributed by atoms with Gasteiger partial charge in [-0.25, -0.2) is 0 Å². The summed E-state index contributed by atoms with van der Waals surface area (Å²) in [6.07, 6.45) is 0.276. The molecule has 0 fully saturated rings. The Morgan fingerprint density at radius 3 is 2.79 bits per heavy atom. The SMILES string of the molecule is Cc1cccc(NC(=O)CCN2C(=O)CSc3ccccc32)c1C. The van der Waals surface area contributed by atoms with Crippen LogP contribution < -0.4 is 10.2 Å². The number of anilines is 2. The van der Waals surface area contributed by atoms with Crippen LogP contribution in [0, 0.1) is 13.8 Å². The van der Waals surface area contributed by atoms with Crippen LogP contribution in [-0.2, 0) is 9.59 Å². The van der Waals surface area contributed by atoms with Crippen molar-refractivity contribution in [1.29, 1.82) is 0 Å². The summed E-state index contributed by atoms with van der Waals surface area (Å²) >= 11 is 1.55. The van der Waals surface area contributed by atoms with Gasteiger partial charge in [0.2, 0.25) is 11.8 Å². The number of thioether (sulfide) groups is 1. The number of hydrogen-bond acceptors (Lipinski definition) is 3. The summed E-state index contributed by atoms with van der Waals surface area (Å²) in [5, 5.41) is 2.95. The number of hydrogen-bond donors (Lipinski definition) is 1. The first kappa shape index (κ1) is 16.6. The highest BCUT2D eigenvalue weighted by molar-refractivity contribution is 8.00. The summed E-state index contributed by atoms with van der Waals surface area (Å²) in [5.74, 6) is 0.403. The van der Waals surface area contributed by atoms with Gasteiger partial charge in [-0.3, -0.25) is 9.59 Å². The van der Waals surface area contributed by atoms with E-state index in [1.165, 1.54) is 0 Å². The Hall–Kier alpha value is -2.27. The van der Waals surface area contributed by atoms with Gasteiger partial charge in [-0.05, 0) is 43.2 Å². The molecule has 1 aliphatic heterocycles. The predicted octanol–water partition coefficient (Wildman–Crippen LogP) is 3.77. The first-order valence-electron chi connectivity index (χ1n) is 7.94. The molecule has 0 aliphatic carbocycles. The number of amides is 2. The van der Waals surface area contributed by atoms with E-state index in [1.54, 1.807) is 16.7 Å². The molecule has 0 radical (unpaired) electrons. The fourth-order valence-corrected chi connectivity index (χ4v) is 3.65. The highest BCUT2D eigenvalue weighted by atomic mass is 32.2. The molecule has 0 unspecified atom stereocenters. The second-order valence-corrected chi connectivity index (χ2v) is 6.86. The molecule has 24 heavy (non-hydrogen) atoms. The minimum atomic E-state index is -0.0767. The number of fused-ring (bicyclic) bond motifs is 1. The van der Waals surface area contributed by atoms with Crippen LogP contribution in [0.3, 0.4) is 0 Å². The van der Waals surface area contributed by atoms with Crippen LogP contribution in [0.5, 0.6) is 0 Å². The van der Waals surface area contributed by atoms with E-state index in [4.69, 9.17) is 0 Å². The monoisotopic (exact) mass is 340 g/mol. The van der Waals surface area contributed by atoms with Crippen molar-refractivity contribution >= 4 is 35.0 Å². The fourth-order valence-electron chi connectivity index (χ4n) is 2.71. The summed E-state index contributed by atoms with van der Waals surface area (Å²) in [6.45, 7) is 4.41. The molecular formula is C19H20N2O2S. The third-order valence-electron chi connectivity index (χ3n) is 4.25. The minimum absolute atomic E-state index is 0.0539. The van der Waals surface area contributed by atoms with Crippen LogP contribution in [-0.4, -0.2) is 24.1 Å². The van der Waals surface area contributed by atoms with E-state index in [1.807, 2.05) is 56.3 Å². The van der Waals surface area contributed by atoms with Crippen molar-refractivity contribution < 1.29 is 9.59 Å². The zero-order valence-electron chi connectivity index (χ0n) is 13.8. The molecule has 1 aliphatic rings. The number of aryl methyl sites for hydroxylation is 1. The Kier molecular flexibility index (Phi) is 4.90. The van der Waals surface area contributed by atoms with Crippen molar-refractivity contribution in [3.8, 4) is 0 Å². The van der Waals surface area contributed by atoms with E-state index in [-0.39, 0.29) is 18.2 Å². The van der Waals surface area contributed by atoms with Gasteiger partial charge in [-0.15, -0.1) is 11.8 Å². The van der Waals surface area contributed by atoms with Gasteiger partial charge >= 0.3 is 0 Å². The second-order valence-electron chi connectivity index (χ2n) is 5.85. The van der Waals surface area contributed by atoms with Crippen molar-refractivity contribution in [2.45, 2.75) is 25.2 Å². The largest absolute Gasteiger partial charge is 0.326 e. The van der Waals surface area contributed by atoms with E-state index < -0.39 is 0 Å². The van der Waals surface area contributed by atoms with E-state index in [0.29, 0.717) is 12.3 Å². The number of carbonyl (C=O) groups is 2. The smallest absolute Gasteiger partial charge is 0.237 e. The molecule has 2 amide bonds. The molecule has 0 spiro atoms. The van der Waals surface area contributed by atoms with Crippen LogP contribution in [0.1, 0.15) is 17.5 Å². The fraction of sp³-hybridized carbons (Fsp3) is 0.263. The Bertz CT molecular complexity index is 789. The van der Waals surface area contributed by atoms with E-state index in [9.17, 15) is 9.59 Å². The maximum Gasteiger partial charge on any atom is 0.237 e. The molecule has 4 nitrogen and oxygen atoms in total. The van der Waals surface area contributed by atoms with Gasteiger partial charge in [0.25, 0.3) is 0 Å². The second kappa shape index (κ2) is 7.09. The lowest BCUT2D eigenvalue weighted by Gasteiger charge is -2.28. The summed E-state index contributed by atoms with van der Waals surface area (Å²) in [6, 6.07) is 13.7. The summed E-state index contributed by atoms with van der Waals surface area (Å²) < 4.78 is 0. The van der Waals surface area contributed by atoms with Gasteiger partial charge in [0.15, 0.2) is 0 Å². The molecule has 1 heterocycles. The Morgan fingerprint density at radius 1 is 1.17 bits per heavy atom. The molecule has 0 atom stereocenters. The molecule has 0 bridgehead atoms. The van der Waals surface area contributed by atoms with E-state index in [2.05, 4.69) is 5.32 Å². The molecule has 2 aromatic carbocycles. The third-order valence-corrected chi connectivity index (χ3v) is 5.30. The Labute approximate surface area is 146 Å². The quantitative estimate of drug-likeness (QED) is 0.922. The van der Waals surface area contributed by atoms with Gasteiger partial charge in [0.1, 0.15) is 0 Å². The van der Waals surface area contributed by atoms with Gasteiger partial charge in [0.05, 0.1) is 11.4 Å². The van der Waals surface area contributed by atoms with Crippen molar-refractivity contribution in [2.24, 2.45) is 0 Å². The van der Waals surface area contributed by atoms with Gasteiger partial charge in [-0.1, -0.05) is 24.3 Å². The molecule has 0 saturated carbocycles. The van der Waals surface area contributed by atoms with Gasteiger partial charge in [-0.2, -0.15) is 0 Å². The number of nitrogens with one attached hydrogen (secondary N) is 1. The van der Waals surface area contributed by atoms with Crippen molar-refractivity contribution in [3.05, 3.63) is 53.6 Å². The van der Waals surface area contributed by atoms with E-state index in [0.717, 1.165) is 27.4 Å². The molecule has 3 rings (SSSR count). The van der Waals surface area contributed by atoms with Crippen molar-refractivity contribution in [3.63, 3.8) is 0 Å². The van der Waals surface area contributed by atoms with Gasteiger partial charge < -0.3 is 10.2 Å². The molecular weight excluding hydrogens is 320 g/mol. The van der Waals surface area contributed by atoms with Crippen LogP contribution in [0.4, 0.5) is 11.4 Å². The topological polar surface area (TPSA) is 49.4 Å². The Morgan fingerprint density at radius 2 is 1.96 bits per heavy atom. The molecule has 0 aromatic heterocycles. The molecule has 0 saturated heterocycles. The highest BCUT2D eigenvalue weighted by Gasteiger charge is 2.24. The average molecular weight is 340 g/mol. The number of nitrogens with zero attached hydrogens (tertiary/aromatic N) is 1. The number of rotatable bonds is 4. The Balaban J connectivity index is 1.66. The van der Waals surface area contributed by atoms with Crippen LogP contribution in [0.15, 0.2) is 47.4 Å². The van der Waals surface area contributed by atoms with Gasteiger partial charge in [0, 0.05) is 23.5 Å². The molecule has 1 N–H and O–H groups in total. The van der Waals surface area contributed by atoms with Crippen molar-refractivity contribution in [1.82, 2.24) is 0 Å². The molecule has 2 aromatic rings. The lowest BCUT2D eigenvalue weighted by molar-refractivity contribution is -0.117. The van der Waals surface area contributed by atoms with Crippen molar-refractivity contribution in [2.75, 3.05) is 22.5 Å². The zero-order chi connectivity index (χ0) is 17.1.